The van der Waals surface area contributed by atoms with Crippen LogP contribution in [-0.4, -0.2) is 24.0 Å². The first kappa shape index (κ1) is 15.4. The second kappa shape index (κ2) is 7.14. The molecule has 0 aliphatic carbocycles. The Morgan fingerprint density at radius 3 is 2.90 bits per heavy atom. The molecule has 2 aromatic heterocycles. The summed E-state index contributed by atoms with van der Waals surface area (Å²) in [5.74, 6) is -0.377. The molecule has 1 N–H and O–H groups in total. The average molecular weight is 322 g/mol. The zero-order valence-electron chi connectivity index (χ0n) is 11.6. The van der Waals surface area contributed by atoms with Gasteiger partial charge < -0.3 is 10.1 Å². The van der Waals surface area contributed by atoms with Crippen molar-refractivity contribution < 1.29 is 14.3 Å². The number of carbonyl (C=O) groups excluding carboxylic acids is 2. The lowest BCUT2D eigenvalue weighted by atomic mass is 10.3. The molecule has 21 heavy (non-hydrogen) atoms. The number of hydrogen-bond donors (Lipinski definition) is 1. The molecule has 0 fully saturated rings. The Hall–Kier alpha value is -1.99. The Kier molecular flexibility index (Phi) is 5.24. The zero-order valence-corrected chi connectivity index (χ0v) is 13.2. The number of thiophene rings is 1. The summed E-state index contributed by atoms with van der Waals surface area (Å²) in [7, 11) is 1.38. The van der Waals surface area contributed by atoms with Crippen molar-refractivity contribution in [3.8, 4) is 0 Å². The van der Waals surface area contributed by atoms with Crippen molar-refractivity contribution in [1.82, 2.24) is 4.98 Å². The quantitative estimate of drug-likeness (QED) is 0.859. The molecule has 0 bridgehead atoms. The first-order valence-electron chi connectivity index (χ1n) is 6.13. The maximum Gasteiger partial charge on any atom is 0.310 e. The number of methoxy groups -OCH3 is 1. The number of aromatic nitrogens is 1. The minimum absolute atomic E-state index is 0.134. The molecule has 5 nitrogen and oxygen atoms in total. The highest BCUT2D eigenvalue weighted by Crippen LogP contribution is 2.21. The number of nitrogens with zero attached hydrogens (tertiary/aromatic N) is 1. The molecule has 2 rings (SSSR count). The van der Waals surface area contributed by atoms with E-state index in [1.165, 1.54) is 36.7 Å². The summed E-state index contributed by atoms with van der Waals surface area (Å²) in [6.07, 6.45) is 4.09. The summed E-state index contributed by atoms with van der Waals surface area (Å²) in [4.78, 5) is 28.4. The molecule has 2 aromatic rings. The topological polar surface area (TPSA) is 68.3 Å². The molecule has 0 unspecified atom stereocenters. The number of amides is 1. The van der Waals surface area contributed by atoms with Crippen molar-refractivity contribution in [2.75, 3.05) is 12.4 Å². The van der Waals surface area contributed by atoms with Crippen LogP contribution in [0.2, 0.25) is 0 Å². The number of ether oxygens (including phenoxy) is 1. The molecule has 7 heteroatoms. The van der Waals surface area contributed by atoms with Gasteiger partial charge in [-0.1, -0.05) is 0 Å². The fourth-order valence-corrected chi connectivity index (χ4v) is 3.16. The normalized spacial score (nSPS) is 10.8. The Morgan fingerprint density at radius 2 is 2.19 bits per heavy atom. The van der Waals surface area contributed by atoms with Gasteiger partial charge in [0.15, 0.2) is 5.13 Å². The SMILES string of the molecule is COC(=O)Cc1ccc(/C=C/c2csc(NC(C)=O)n2)s1. The lowest BCUT2D eigenvalue weighted by molar-refractivity contribution is -0.139. The van der Waals surface area contributed by atoms with Crippen LogP contribution in [0.3, 0.4) is 0 Å². The molecule has 0 aromatic carbocycles. The van der Waals surface area contributed by atoms with Crippen molar-refractivity contribution in [3.63, 3.8) is 0 Å². The molecule has 1 amide bonds. The van der Waals surface area contributed by atoms with E-state index >= 15 is 0 Å². The minimum Gasteiger partial charge on any atom is -0.469 e. The maximum absolute atomic E-state index is 11.2. The Labute approximate surface area is 130 Å². The van der Waals surface area contributed by atoms with E-state index in [-0.39, 0.29) is 11.9 Å². The van der Waals surface area contributed by atoms with Crippen molar-refractivity contribution in [1.29, 1.82) is 0 Å². The third-order valence-corrected chi connectivity index (χ3v) is 4.28. The van der Waals surface area contributed by atoms with Crippen molar-refractivity contribution in [3.05, 3.63) is 33.0 Å². The summed E-state index contributed by atoms with van der Waals surface area (Å²) in [6, 6.07) is 3.85. The molecule has 0 aliphatic heterocycles. The highest BCUT2D eigenvalue weighted by atomic mass is 32.1. The Balaban J connectivity index is 1.99. The number of rotatable bonds is 5. The van der Waals surface area contributed by atoms with Crippen LogP contribution < -0.4 is 5.32 Å². The third-order valence-electron chi connectivity index (χ3n) is 2.45. The smallest absolute Gasteiger partial charge is 0.310 e. The molecule has 0 saturated heterocycles. The van der Waals surface area contributed by atoms with Gasteiger partial charge in [0.2, 0.25) is 5.91 Å². The predicted molar refractivity (Wildman–Crippen MR) is 85.4 cm³/mol. The average Bonchev–Trinajstić information content (AvgIpc) is 3.05. The highest BCUT2D eigenvalue weighted by molar-refractivity contribution is 7.14. The molecule has 110 valence electrons. The summed E-state index contributed by atoms with van der Waals surface area (Å²) < 4.78 is 4.63. The molecular weight excluding hydrogens is 308 g/mol. The van der Waals surface area contributed by atoms with Gasteiger partial charge in [-0.2, -0.15) is 0 Å². The second-order valence-corrected chi connectivity index (χ2v) is 6.21. The van der Waals surface area contributed by atoms with Crippen molar-refractivity contribution in [2.45, 2.75) is 13.3 Å². The maximum atomic E-state index is 11.2. The van der Waals surface area contributed by atoms with Gasteiger partial charge in [0, 0.05) is 22.1 Å². The fourth-order valence-electron chi connectivity index (χ4n) is 1.53. The summed E-state index contributed by atoms with van der Waals surface area (Å²) in [6.45, 7) is 1.45. The van der Waals surface area contributed by atoms with Crippen LogP contribution in [0.1, 0.15) is 22.4 Å². The van der Waals surface area contributed by atoms with Crippen LogP contribution in [-0.2, 0) is 20.7 Å². The molecule has 0 saturated carbocycles. The van der Waals surface area contributed by atoms with Gasteiger partial charge in [-0.25, -0.2) is 4.98 Å². The van der Waals surface area contributed by atoms with Crippen LogP contribution in [0.25, 0.3) is 12.2 Å². The van der Waals surface area contributed by atoms with Gasteiger partial charge in [-0.05, 0) is 24.3 Å². The lowest BCUT2D eigenvalue weighted by Crippen LogP contribution is -2.04. The largest absolute Gasteiger partial charge is 0.469 e. The highest BCUT2D eigenvalue weighted by Gasteiger charge is 2.05. The van der Waals surface area contributed by atoms with E-state index in [4.69, 9.17) is 0 Å². The number of anilines is 1. The molecule has 0 atom stereocenters. The molecule has 0 aliphatic rings. The van der Waals surface area contributed by atoms with Crippen LogP contribution in [0, 0.1) is 0 Å². The number of hydrogen-bond acceptors (Lipinski definition) is 6. The van der Waals surface area contributed by atoms with Crippen molar-refractivity contribution in [2.24, 2.45) is 0 Å². The number of esters is 1. The third kappa shape index (κ3) is 4.80. The summed E-state index contributed by atoms with van der Waals surface area (Å²) in [5.41, 5.74) is 0.784. The molecule has 0 spiro atoms. The standard InChI is InChI=1S/C14H14N2O3S2/c1-9(17)15-14-16-10(8-20-14)3-4-11-5-6-12(21-11)7-13(18)19-2/h3-6,8H,7H2,1-2H3,(H,15,16,17)/b4-3+. The number of carbonyl (C=O) groups is 2. The van der Waals surface area contributed by atoms with Crippen LogP contribution in [0.5, 0.6) is 0 Å². The van der Waals surface area contributed by atoms with Crippen molar-refractivity contribution >= 4 is 51.8 Å². The van der Waals surface area contributed by atoms with E-state index < -0.39 is 0 Å². The van der Waals surface area contributed by atoms with E-state index in [9.17, 15) is 9.59 Å². The summed E-state index contributed by atoms with van der Waals surface area (Å²) in [5, 5.41) is 5.09. The van der Waals surface area contributed by atoms with Gasteiger partial charge in [-0.15, -0.1) is 22.7 Å². The summed E-state index contributed by atoms with van der Waals surface area (Å²) >= 11 is 2.91. The Bertz CT molecular complexity index is 673. The fraction of sp³-hybridized carbons (Fsp3) is 0.214. The van der Waals surface area contributed by atoms with Gasteiger partial charge in [0.1, 0.15) is 0 Å². The number of thiazole rings is 1. The van der Waals surface area contributed by atoms with Gasteiger partial charge in [0.05, 0.1) is 19.2 Å². The van der Waals surface area contributed by atoms with Crippen LogP contribution in [0.4, 0.5) is 5.13 Å². The number of nitrogens with one attached hydrogen (secondary N) is 1. The predicted octanol–water partition coefficient (Wildman–Crippen LogP) is 3.05. The van der Waals surface area contributed by atoms with E-state index in [2.05, 4.69) is 15.0 Å². The monoisotopic (exact) mass is 322 g/mol. The first-order valence-corrected chi connectivity index (χ1v) is 7.83. The van der Waals surface area contributed by atoms with Crippen LogP contribution in [0.15, 0.2) is 17.5 Å². The second-order valence-electron chi connectivity index (χ2n) is 4.15. The molecule has 0 radical (unpaired) electrons. The first-order chi connectivity index (χ1) is 10.1. The zero-order chi connectivity index (χ0) is 15.2. The van der Waals surface area contributed by atoms with E-state index in [1.807, 2.05) is 29.7 Å². The Morgan fingerprint density at radius 1 is 1.38 bits per heavy atom. The molecule has 2 heterocycles. The van der Waals surface area contributed by atoms with E-state index in [0.717, 1.165) is 15.4 Å². The lowest BCUT2D eigenvalue weighted by Gasteiger charge is -1.94. The van der Waals surface area contributed by atoms with Gasteiger partial charge >= 0.3 is 5.97 Å². The van der Waals surface area contributed by atoms with E-state index in [0.29, 0.717) is 11.6 Å². The van der Waals surface area contributed by atoms with Crippen LogP contribution >= 0.6 is 22.7 Å². The minimum atomic E-state index is -0.244. The van der Waals surface area contributed by atoms with E-state index in [1.54, 1.807) is 0 Å². The van der Waals surface area contributed by atoms with Gasteiger partial charge in [0.25, 0.3) is 0 Å². The molecular formula is C14H14N2O3S2. The van der Waals surface area contributed by atoms with Gasteiger partial charge in [-0.3, -0.25) is 9.59 Å².